The Hall–Kier alpha value is -0.590. The number of piperidine rings is 2. The largest absolute Gasteiger partial charge is 0.493 e. The quantitative estimate of drug-likeness (QED) is 0.597. The molecule has 2 saturated heterocycles. The minimum Gasteiger partial charge on any atom is -0.493 e. The minimum atomic E-state index is -0.617. The van der Waals surface area contributed by atoms with Gasteiger partial charge in [0, 0.05) is 31.0 Å². The molecule has 0 N–H and O–H groups in total. The molecule has 0 spiro atoms. The number of ketones is 1. The molecular weight excluding hydrogens is 402 g/mol. The molecule has 2 fully saturated rings. The van der Waals surface area contributed by atoms with Crippen LogP contribution in [0.1, 0.15) is 53.4 Å². The molecule has 0 aromatic carbocycles. The van der Waals surface area contributed by atoms with Gasteiger partial charge in [-0.25, -0.2) is 0 Å². The van der Waals surface area contributed by atoms with Crippen LogP contribution in [-0.4, -0.2) is 53.0 Å². The normalized spacial score (nSPS) is 40.1. The Labute approximate surface area is 187 Å². The van der Waals surface area contributed by atoms with Crippen molar-refractivity contribution in [2.24, 2.45) is 17.8 Å². The van der Waals surface area contributed by atoms with E-state index in [9.17, 15) is 4.79 Å². The molecule has 6 heteroatoms. The van der Waals surface area contributed by atoms with Crippen LogP contribution in [0.3, 0.4) is 0 Å². The highest BCUT2D eigenvalue weighted by atomic mass is 32.1. The van der Waals surface area contributed by atoms with E-state index in [-0.39, 0.29) is 17.9 Å². The van der Waals surface area contributed by atoms with Crippen molar-refractivity contribution in [3.8, 4) is 0 Å². The number of rotatable bonds is 6. The van der Waals surface area contributed by atoms with E-state index < -0.39 is 9.49 Å². The number of thiol groups is 2. The summed E-state index contributed by atoms with van der Waals surface area (Å²) >= 11 is 10.6. The third-order valence-electron chi connectivity index (χ3n) is 7.29. The second kappa shape index (κ2) is 8.51. The monoisotopic (exact) mass is 439 g/mol. The number of hydrogen-bond donors (Lipinski definition) is 2. The van der Waals surface area contributed by atoms with Crippen LogP contribution >= 0.6 is 25.3 Å². The van der Waals surface area contributed by atoms with Crippen LogP contribution < -0.4 is 0 Å². The maximum atomic E-state index is 13.1. The molecule has 1 aliphatic carbocycles. The summed E-state index contributed by atoms with van der Waals surface area (Å²) in [5.41, 5.74) is 0. The fourth-order valence-corrected chi connectivity index (χ4v) is 7.27. The fraction of sp³-hybridized carbons (Fsp3) is 0.783. The maximum Gasteiger partial charge on any atom is 0.157 e. The molecule has 4 nitrogen and oxygen atoms in total. The second-order valence-electron chi connectivity index (χ2n) is 9.28. The van der Waals surface area contributed by atoms with Crippen LogP contribution in [0.5, 0.6) is 0 Å². The van der Waals surface area contributed by atoms with E-state index in [4.69, 9.17) is 34.7 Å². The molecule has 0 saturated carbocycles. The average Bonchev–Trinajstić information content (AvgIpc) is 2.68. The van der Waals surface area contributed by atoms with Gasteiger partial charge in [0.1, 0.15) is 5.78 Å². The number of ether oxygens (including phenoxy) is 2. The zero-order valence-corrected chi connectivity index (χ0v) is 20.4. The summed E-state index contributed by atoms with van der Waals surface area (Å²) < 4.78 is 10.1. The summed E-state index contributed by atoms with van der Waals surface area (Å²) in [6.07, 6.45) is 7.64. The van der Waals surface area contributed by atoms with Crippen molar-refractivity contribution in [1.82, 2.24) is 4.90 Å². The third kappa shape index (κ3) is 3.57. The van der Waals surface area contributed by atoms with Crippen LogP contribution in [0.4, 0.5) is 0 Å². The first-order chi connectivity index (χ1) is 13.7. The first-order valence-electron chi connectivity index (χ1n) is 10.9. The molecule has 164 valence electrons. The lowest BCUT2D eigenvalue weighted by Gasteiger charge is -2.64. The Morgan fingerprint density at radius 1 is 1.10 bits per heavy atom. The van der Waals surface area contributed by atoms with Crippen LogP contribution in [-0.2, 0) is 14.3 Å². The predicted octanol–water partition coefficient (Wildman–Crippen LogP) is 4.52. The van der Waals surface area contributed by atoms with Crippen molar-refractivity contribution < 1.29 is 14.3 Å². The van der Waals surface area contributed by atoms with Crippen molar-refractivity contribution >= 4 is 31.0 Å². The van der Waals surface area contributed by atoms with E-state index in [1.807, 2.05) is 0 Å². The molecule has 29 heavy (non-hydrogen) atoms. The standard InChI is InChI=1S/C23H37NO3S2/c1-7-16-17(8-2)24-13-15(9-14(3)4)18(25)10-21(24)23(29)12-20(27-6)19(26-5)11-22(16,23)28/h11-12,14-17,21,28-29H,7-10,13H2,1-6H3. The van der Waals surface area contributed by atoms with E-state index >= 15 is 0 Å². The number of Topliss-reactive ketones (excluding diaryl/α,β-unsaturated/α-hetero) is 1. The van der Waals surface area contributed by atoms with Crippen molar-refractivity contribution in [3.63, 3.8) is 0 Å². The second-order valence-corrected chi connectivity index (χ2v) is 10.8. The first-order valence-corrected chi connectivity index (χ1v) is 11.8. The summed E-state index contributed by atoms with van der Waals surface area (Å²) in [6.45, 7) is 9.70. The zero-order valence-electron chi connectivity index (χ0n) is 18.6. The van der Waals surface area contributed by atoms with Crippen LogP contribution in [0.25, 0.3) is 0 Å². The van der Waals surface area contributed by atoms with Gasteiger partial charge >= 0.3 is 0 Å². The van der Waals surface area contributed by atoms with Gasteiger partial charge in [0.2, 0.25) is 0 Å². The Morgan fingerprint density at radius 3 is 2.17 bits per heavy atom. The topological polar surface area (TPSA) is 38.8 Å². The lowest BCUT2D eigenvalue weighted by Crippen LogP contribution is -2.74. The highest BCUT2D eigenvalue weighted by Gasteiger charge is 2.64. The van der Waals surface area contributed by atoms with Gasteiger partial charge in [0.15, 0.2) is 11.5 Å². The Morgan fingerprint density at radius 2 is 1.69 bits per heavy atom. The Bertz CT molecular complexity index is 706. The van der Waals surface area contributed by atoms with Gasteiger partial charge in [-0.3, -0.25) is 9.69 Å². The molecule has 3 rings (SSSR count). The number of methoxy groups -OCH3 is 2. The van der Waals surface area contributed by atoms with Gasteiger partial charge in [0.05, 0.1) is 23.7 Å². The van der Waals surface area contributed by atoms with Gasteiger partial charge in [-0.2, -0.15) is 25.3 Å². The van der Waals surface area contributed by atoms with Crippen molar-refractivity contribution in [3.05, 3.63) is 23.7 Å². The van der Waals surface area contributed by atoms with Crippen molar-refractivity contribution in [2.75, 3.05) is 20.8 Å². The van der Waals surface area contributed by atoms with Gasteiger partial charge in [-0.15, -0.1) is 0 Å². The van der Waals surface area contributed by atoms with Gasteiger partial charge < -0.3 is 9.47 Å². The molecule has 0 aromatic heterocycles. The lowest BCUT2D eigenvalue weighted by molar-refractivity contribution is -0.134. The molecule has 3 aliphatic rings. The average molecular weight is 440 g/mol. The summed E-state index contributed by atoms with van der Waals surface area (Å²) in [5.74, 6) is 2.66. The molecule has 2 aliphatic heterocycles. The number of nitrogens with zero attached hydrogens (tertiary/aromatic N) is 1. The fourth-order valence-electron chi connectivity index (χ4n) is 5.99. The van der Waals surface area contributed by atoms with E-state index in [0.29, 0.717) is 35.7 Å². The van der Waals surface area contributed by atoms with Gasteiger partial charge in [-0.1, -0.05) is 34.1 Å². The number of carbonyl (C=O) groups excluding carboxylic acids is 1. The number of hydrogen-bond acceptors (Lipinski definition) is 6. The van der Waals surface area contributed by atoms with Crippen molar-refractivity contribution in [1.29, 1.82) is 0 Å². The maximum absolute atomic E-state index is 13.1. The Balaban J connectivity index is 2.12. The number of fused-ring (bicyclic) bond motifs is 3. The molecule has 0 bridgehead atoms. The van der Waals surface area contributed by atoms with Crippen LogP contribution in [0.2, 0.25) is 0 Å². The van der Waals surface area contributed by atoms with E-state index in [1.54, 1.807) is 14.2 Å². The molecule has 6 unspecified atom stereocenters. The summed E-state index contributed by atoms with van der Waals surface area (Å²) in [6, 6.07) is 0.351. The van der Waals surface area contributed by atoms with Gasteiger partial charge in [0.25, 0.3) is 0 Å². The van der Waals surface area contributed by atoms with Crippen LogP contribution in [0.15, 0.2) is 23.7 Å². The van der Waals surface area contributed by atoms with Crippen LogP contribution in [0, 0.1) is 17.8 Å². The molecule has 0 radical (unpaired) electrons. The summed E-state index contributed by atoms with van der Waals surface area (Å²) in [7, 11) is 3.31. The lowest BCUT2D eigenvalue weighted by atomic mass is 9.62. The highest BCUT2D eigenvalue weighted by molar-refractivity contribution is 7.86. The Kier molecular flexibility index (Phi) is 6.77. The SMILES string of the molecule is CCC1C(CC)C2(S)C=C(OC)C(OC)=CC2(S)C2CC(=O)C(CC(C)C)CN12. The molecule has 0 aromatic rings. The first kappa shape index (κ1) is 23.1. The van der Waals surface area contributed by atoms with Crippen molar-refractivity contribution in [2.45, 2.75) is 75.0 Å². The molecule has 6 atom stereocenters. The van der Waals surface area contributed by atoms with Gasteiger partial charge in [-0.05, 0) is 36.8 Å². The number of carbonyl (C=O) groups is 1. The summed E-state index contributed by atoms with van der Waals surface area (Å²) in [5, 5.41) is 0. The molecule has 2 heterocycles. The van der Waals surface area contributed by atoms with E-state index in [0.717, 1.165) is 25.8 Å². The third-order valence-corrected chi connectivity index (χ3v) is 9.09. The highest BCUT2D eigenvalue weighted by Crippen LogP contribution is 2.58. The van der Waals surface area contributed by atoms with E-state index in [2.05, 4.69) is 44.7 Å². The molecule has 0 amide bonds. The molecular formula is C23H37NO3S2. The summed E-state index contributed by atoms with van der Waals surface area (Å²) in [4.78, 5) is 15.7. The minimum absolute atomic E-state index is 0.00759. The predicted molar refractivity (Wildman–Crippen MR) is 125 cm³/mol. The smallest absolute Gasteiger partial charge is 0.157 e. The zero-order chi connectivity index (χ0) is 21.6. The van der Waals surface area contributed by atoms with E-state index in [1.165, 1.54) is 0 Å².